The first-order valence-corrected chi connectivity index (χ1v) is 10.6. The smallest absolute Gasteiger partial charge is 0.232 e. The Hall–Kier alpha value is -1.18. The van der Waals surface area contributed by atoms with Crippen molar-refractivity contribution in [3.63, 3.8) is 0 Å². The molecule has 0 aliphatic carbocycles. The number of piperidine rings is 1. The summed E-state index contributed by atoms with van der Waals surface area (Å²) in [5.74, 6) is 1.40. The minimum absolute atomic E-state index is 0.190. The molecule has 3 rings (SSSR count). The summed E-state index contributed by atoms with van der Waals surface area (Å²) < 4.78 is 0. The van der Waals surface area contributed by atoms with Crippen LogP contribution in [0.3, 0.4) is 0 Å². The van der Waals surface area contributed by atoms with E-state index >= 15 is 0 Å². The topological polar surface area (TPSA) is 49.3 Å². The second-order valence-electron chi connectivity index (χ2n) is 6.69. The van der Waals surface area contributed by atoms with Crippen molar-refractivity contribution in [3.05, 3.63) is 16.8 Å². The van der Waals surface area contributed by atoms with Crippen LogP contribution in [-0.2, 0) is 11.2 Å². The van der Waals surface area contributed by atoms with Gasteiger partial charge in [-0.3, -0.25) is 4.79 Å². The average Bonchev–Trinajstić information content (AvgIpc) is 3.02. The quantitative estimate of drug-likeness (QED) is 0.591. The van der Waals surface area contributed by atoms with Crippen LogP contribution >= 0.6 is 23.1 Å². The highest BCUT2D eigenvalue weighted by Gasteiger charge is 2.24. The van der Waals surface area contributed by atoms with E-state index in [1.54, 1.807) is 23.1 Å². The Bertz CT molecular complexity index is 753. The van der Waals surface area contributed by atoms with Gasteiger partial charge in [0, 0.05) is 23.4 Å². The lowest BCUT2D eigenvalue weighted by molar-refractivity contribution is -0.129. The van der Waals surface area contributed by atoms with Crippen molar-refractivity contribution in [1.82, 2.24) is 19.8 Å². The second-order valence-corrected chi connectivity index (χ2v) is 8.77. The van der Waals surface area contributed by atoms with Crippen LogP contribution in [-0.4, -0.2) is 64.7 Å². The van der Waals surface area contributed by atoms with Crippen LogP contribution in [0.2, 0.25) is 0 Å². The predicted molar refractivity (Wildman–Crippen MR) is 106 cm³/mol. The van der Waals surface area contributed by atoms with Gasteiger partial charge in [-0.1, -0.05) is 18.7 Å². The van der Waals surface area contributed by atoms with E-state index in [1.165, 1.54) is 4.88 Å². The molecule has 7 heteroatoms. The van der Waals surface area contributed by atoms with Gasteiger partial charge in [0.1, 0.15) is 15.7 Å². The molecular weight excluding hydrogens is 352 g/mol. The molecule has 0 aromatic carbocycles. The monoisotopic (exact) mass is 378 g/mol. The molecule has 1 aliphatic heterocycles. The van der Waals surface area contributed by atoms with Crippen LogP contribution in [0.5, 0.6) is 0 Å². The van der Waals surface area contributed by atoms with E-state index in [9.17, 15) is 4.79 Å². The van der Waals surface area contributed by atoms with Crippen LogP contribution in [0.4, 0.5) is 0 Å². The van der Waals surface area contributed by atoms with Crippen molar-refractivity contribution in [2.75, 3.05) is 32.9 Å². The number of thioether (sulfide) groups is 1. The molecule has 0 N–H and O–H groups in total. The standard InChI is InChI=1S/C18H26N4OS2/c1-5-14-10-15-17(19-12(2)20-18(15)25-14)24-11-16(23)22(4)13-6-8-21(3)9-7-13/h10,13H,5-9,11H2,1-4H3. The molecule has 0 radical (unpaired) electrons. The summed E-state index contributed by atoms with van der Waals surface area (Å²) >= 11 is 3.27. The molecule has 25 heavy (non-hydrogen) atoms. The molecule has 1 aliphatic rings. The first-order valence-electron chi connectivity index (χ1n) is 8.82. The van der Waals surface area contributed by atoms with E-state index in [2.05, 4.69) is 34.9 Å². The number of hydrogen-bond donors (Lipinski definition) is 0. The number of likely N-dealkylation sites (tertiary alicyclic amines) is 1. The summed E-state index contributed by atoms with van der Waals surface area (Å²) in [5, 5.41) is 2.02. The summed E-state index contributed by atoms with van der Waals surface area (Å²) in [6.07, 6.45) is 3.12. The predicted octanol–water partition coefficient (Wildman–Crippen LogP) is 3.21. The molecule has 0 unspecified atom stereocenters. The van der Waals surface area contributed by atoms with Gasteiger partial charge in [0.2, 0.25) is 5.91 Å². The minimum atomic E-state index is 0.190. The van der Waals surface area contributed by atoms with E-state index in [0.717, 1.165) is 53.4 Å². The number of aryl methyl sites for hydroxylation is 2. The van der Waals surface area contributed by atoms with Gasteiger partial charge in [-0.2, -0.15) is 0 Å². The Morgan fingerprint density at radius 1 is 1.40 bits per heavy atom. The van der Waals surface area contributed by atoms with Crippen molar-refractivity contribution >= 4 is 39.2 Å². The van der Waals surface area contributed by atoms with E-state index in [0.29, 0.717) is 11.8 Å². The molecule has 1 fully saturated rings. The van der Waals surface area contributed by atoms with Crippen LogP contribution < -0.4 is 0 Å². The third-order valence-electron chi connectivity index (χ3n) is 4.83. The van der Waals surface area contributed by atoms with Crippen molar-refractivity contribution in [2.45, 2.75) is 44.2 Å². The number of aromatic nitrogens is 2. The Labute approximate surface area is 157 Å². The summed E-state index contributed by atoms with van der Waals surface area (Å²) in [6, 6.07) is 2.54. The van der Waals surface area contributed by atoms with Gasteiger partial charge in [0.25, 0.3) is 0 Å². The lowest BCUT2D eigenvalue weighted by Crippen LogP contribution is -2.45. The SMILES string of the molecule is CCc1cc2c(SCC(=O)N(C)C3CCN(C)CC3)nc(C)nc2s1. The van der Waals surface area contributed by atoms with E-state index < -0.39 is 0 Å². The fraction of sp³-hybridized carbons (Fsp3) is 0.611. The molecule has 0 saturated carbocycles. The molecule has 0 atom stereocenters. The highest BCUT2D eigenvalue weighted by molar-refractivity contribution is 8.00. The highest BCUT2D eigenvalue weighted by Crippen LogP contribution is 2.32. The van der Waals surface area contributed by atoms with Gasteiger partial charge in [-0.15, -0.1) is 11.3 Å². The summed E-state index contributed by atoms with van der Waals surface area (Å²) in [5.41, 5.74) is 0. The van der Waals surface area contributed by atoms with E-state index in [-0.39, 0.29) is 5.91 Å². The molecule has 2 aromatic rings. The van der Waals surface area contributed by atoms with Gasteiger partial charge < -0.3 is 9.80 Å². The molecular formula is C18H26N4OS2. The molecule has 2 aromatic heterocycles. The lowest BCUT2D eigenvalue weighted by Gasteiger charge is -2.35. The summed E-state index contributed by atoms with van der Waals surface area (Å²) in [4.78, 5) is 28.4. The zero-order chi connectivity index (χ0) is 18.0. The maximum atomic E-state index is 12.6. The summed E-state index contributed by atoms with van der Waals surface area (Å²) in [7, 11) is 4.08. The number of thiophene rings is 1. The van der Waals surface area contributed by atoms with Crippen LogP contribution in [0, 0.1) is 6.92 Å². The third kappa shape index (κ3) is 4.33. The van der Waals surface area contributed by atoms with E-state index in [4.69, 9.17) is 0 Å². The first-order chi connectivity index (χ1) is 12.0. The molecule has 3 heterocycles. The largest absolute Gasteiger partial charge is 0.342 e. The Morgan fingerprint density at radius 3 is 2.80 bits per heavy atom. The Kier molecular flexibility index (Phi) is 5.96. The van der Waals surface area contributed by atoms with Crippen molar-refractivity contribution in [2.24, 2.45) is 0 Å². The van der Waals surface area contributed by atoms with Gasteiger partial charge in [-0.25, -0.2) is 9.97 Å². The molecule has 0 bridgehead atoms. The van der Waals surface area contributed by atoms with Crippen molar-refractivity contribution in [1.29, 1.82) is 0 Å². The van der Waals surface area contributed by atoms with Crippen molar-refractivity contribution < 1.29 is 4.79 Å². The molecule has 5 nitrogen and oxygen atoms in total. The van der Waals surface area contributed by atoms with Crippen LogP contribution in [0.15, 0.2) is 11.1 Å². The number of carbonyl (C=O) groups is 1. The maximum Gasteiger partial charge on any atom is 0.232 e. The second kappa shape index (κ2) is 8.01. The number of hydrogen-bond acceptors (Lipinski definition) is 6. The summed E-state index contributed by atoms with van der Waals surface area (Å²) in [6.45, 7) is 6.20. The third-order valence-corrected chi connectivity index (χ3v) is 6.98. The highest BCUT2D eigenvalue weighted by atomic mass is 32.2. The van der Waals surface area contributed by atoms with Crippen molar-refractivity contribution in [3.8, 4) is 0 Å². The maximum absolute atomic E-state index is 12.6. The van der Waals surface area contributed by atoms with Gasteiger partial charge >= 0.3 is 0 Å². The van der Waals surface area contributed by atoms with Crippen LogP contribution in [0.25, 0.3) is 10.2 Å². The zero-order valence-electron chi connectivity index (χ0n) is 15.4. The zero-order valence-corrected chi connectivity index (χ0v) is 17.0. The van der Waals surface area contributed by atoms with Gasteiger partial charge in [-0.05, 0) is 52.4 Å². The van der Waals surface area contributed by atoms with Gasteiger partial charge in [0.05, 0.1) is 5.75 Å². The molecule has 0 spiro atoms. The average molecular weight is 379 g/mol. The number of amides is 1. The number of fused-ring (bicyclic) bond motifs is 1. The molecule has 1 saturated heterocycles. The number of carbonyl (C=O) groups excluding carboxylic acids is 1. The number of rotatable bonds is 5. The number of nitrogens with zero attached hydrogens (tertiary/aromatic N) is 4. The minimum Gasteiger partial charge on any atom is -0.342 e. The Balaban J connectivity index is 1.67. The molecule has 136 valence electrons. The molecule has 1 amide bonds. The first kappa shape index (κ1) is 18.6. The lowest BCUT2D eigenvalue weighted by atomic mass is 10.0. The fourth-order valence-corrected chi connectivity index (χ4v) is 5.20. The fourth-order valence-electron chi connectivity index (χ4n) is 3.15. The normalized spacial score (nSPS) is 16.5. The van der Waals surface area contributed by atoms with Gasteiger partial charge in [0.15, 0.2) is 0 Å². The Morgan fingerprint density at radius 2 is 2.12 bits per heavy atom. The van der Waals surface area contributed by atoms with E-state index in [1.807, 2.05) is 18.9 Å². The van der Waals surface area contributed by atoms with Crippen LogP contribution in [0.1, 0.15) is 30.5 Å².